The molecule has 0 radical (unpaired) electrons. The fourth-order valence-electron chi connectivity index (χ4n) is 3.61. The molecule has 4 nitrogen and oxygen atoms in total. The Hall–Kier alpha value is -0.130. The van der Waals surface area contributed by atoms with E-state index in [9.17, 15) is 8.42 Å². The molecular weight excluding hydrogens is 272 g/mol. The lowest BCUT2D eigenvalue weighted by atomic mass is 9.98. The van der Waals surface area contributed by atoms with E-state index < -0.39 is 9.84 Å². The molecule has 2 aliphatic heterocycles. The molecule has 0 aliphatic carbocycles. The second-order valence-corrected chi connectivity index (χ2v) is 9.28. The number of rotatable bonds is 5. The summed E-state index contributed by atoms with van der Waals surface area (Å²) >= 11 is 0. The van der Waals surface area contributed by atoms with Crippen LogP contribution < -0.4 is 5.32 Å². The lowest BCUT2D eigenvalue weighted by Gasteiger charge is -2.41. The molecule has 2 saturated heterocycles. The zero-order chi connectivity index (χ0) is 14.8. The quantitative estimate of drug-likeness (QED) is 0.839. The Bertz CT molecular complexity index is 408. The van der Waals surface area contributed by atoms with Crippen LogP contribution in [0.5, 0.6) is 0 Å². The van der Waals surface area contributed by atoms with Crippen LogP contribution in [0.25, 0.3) is 0 Å². The zero-order valence-corrected chi connectivity index (χ0v) is 14.0. The molecule has 2 fully saturated rings. The first-order valence-corrected chi connectivity index (χ1v) is 9.83. The Morgan fingerprint density at radius 3 is 2.65 bits per heavy atom. The van der Waals surface area contributed by atoms with Crippen molar-refractivity contribution in [2.45, 2.75) is 63.8 Å². The molecule has 118 valence electrons. The van der Waals surface area contributed by atoms with Crippen molar-refractivity contribution in [1.82, 2.24) is 10.2 Å². The van der Waals surface area contributed by atoms with Crippen molar-refractivity contribution in [3.63, 3.8) is 0 Å². The first-order chi connectivity index (χ1) is 9.42. The Labute approximate surface area is 124 Å². The van der Waals surface area contributed by atoms with Crippen LogP contribution >= 0.6 is 0 Å². The molecule has 0 aromatic heterocycles. The van der Waals surface area contributed by atoms with Gasteiger partial charge in [-0.15, -0.1) is 0 Å². The number of sulfone groups is 1. The number of nitrogens with zero attached hydrogens (tertiary/aromatic N) is 1. The topological polar surface area (TPSA) is 49.4 Å². The summed E-state index contributed by atoms with van der Waals surface area (Å²) in [5, 5.41) is 3.52. The Morgan fingerprint density at radius 2 is 2.10 bits per heavy atom. The molecule has 2 heterocycles. The van der Waals surface area contributed by atoms with Crippen LogP contribution in [0.4, 0.5) is 0 Å². The Morgan fingerprint density at radius 1 is 1.35 bits per heavy atom. The summed E-state index contributed by atoms with van der Waals surface area (Å²) in [7, 11) is -2.82. The van der Waals surface area contributed by atoms with E-state index in [1.807, 2.05) is 0 Å². The second-order valence-electron chi connectivity index (χ2n) is 6.88. The van der Waals surface area contributed by atoms with Crippen molar-refractivity contribution >= 4 is 9.84 Å². The molecule has 0 amide bonds. The standard InChI is InChI=1S/C15H30N2O2S/c1-4-14-9-16-13(8-12(2)3)10-17(14)11-15-6-5-7-20(15,18)19/h12-16H,4-11H2,1-3H3. The zero-order valence-electron chi connectivity index (χ0n) is 13.1. The monoisotopic (exact) mass is 302 g/mol. The maximum Gasteiger partial charge on any atom is 0.154 e. The molecular formula is C15H30N2O2S. The molecule has 20 heavy (non-hydrogen) atoms. The van der Waals surface area contributed by atoms with E-state index in [1.54, 1.807) is 0 Å². The highest BCUT2D eigenvalue weighted by atomic mass is 32.2. The highest BCUT2D eigenvalue weighted by Crippen LogP contribution is 2.24. The van der Waals surface area contributed by atoms with Gasteiger partial charge in [0.05, 0.1) is 11.0 Å². The summed E-state index contributed by atoms with van der Waals surface area (Å²) in [6, 6.07) is 1.01. The number of hydrogen-bond acceptors (Lipinski definition) is 4. The Balaban J connectivity index is 1.98. The van der Waals surface area contributed by atoms with Crippen molar-refractivity contribution in [2.24, 2.45) is 5.92 Å². The molecule has 3 unspecified atom stereocenters. The van der Waals surface area contributed by atoms with Crippen molar-refractivity contribution < 1.29 is 8.42 Å². The summed E-state index contributed by atoms with van der Waals surface area (Å²) in [4.78, 5) is 2.44. The normalized spacial score (nSPS) is 34.7. The minimum absolute atomic E-state index is 0.116. The third-order valence-electron chi connectivity index (χ3n) is 4.74. The van der Waals surface area contributed by atoms with E-state index in [1.165, 1.54) is 6.42 Å². The third-order valence-corrected chi connectivity index (χ3v) is 7.00. The van der Waals surface area contributed by atoms with Gasteiger partial charge in [0.1, 0.15) is 0 Å². The molecule has 0 spiro atoms. The highest BCUT2D eigenvalue weighted by molar-refractivity contribution is 7.92. The second kappa shape index (κ2) is 6.75. The first kappa shape index (κ1) is 16.2. The summed E-state index contributed by atoms with van der Waals surface area (Å²) < 4.78 is 24.1. The van der Waals surface area contributed by atoms with Gasteiger partial charge in [0.25, 0.3) is 0 Å². The van der Waals surface area contributed by atoms with Crippen LogP contribution in [0.1, 0.15) is 46.5 Å². The molecule has 0 aromatic carbocycles. The van der Waals surface area contributed by atoms with Gasteiger partial charge in [0.2, 0.25) is 0 Å². The van der Waals surface area contributed by atoms with E-state index in [0.29, 0.717) is 23.8 Å². The van der Waals surface area contributed by atoms with E-state index in [4.69, 9.17) is 0 Å². The first-order valence-electron chi connectivity index (χ1n) is 8.11. The van der Waals surface area contributed by atoms with Gasteiger partial charge >= 0.3 is 0 Å². The summed E-state index contributed by atoms with van der Waals surface area (Å²) in [6.07, 6.45) is 3.97. The number of hydrogen-bond donors (Lipinski definition) is 1. The lowest BCUT2D eigenvalue weighted by molar-refractivity contribution is 0.118. The van der Waals surface area contributed by atoms with Crippen LogP contribution in [-0.2, 0) is 9.84 Å². The van der Waals surface area contributed by atoms with Crippen molar-refractivity contribution in [3.05, 3.63) is 0 Å². The van der Waals surface area contributed by atoms with Gasteiger partial charge in [0.15, 0.2) is 9.84 Å². The van der Waals surface area contributed by atoms with Gasteiger partial charge in [-0.1, -0.05) is 20.8 Å². The molecule has 2 aliphatic rings. The minimum atomic E-state index is -2.82. The lowest BCUT2D eigenvalue weighted by Crippen LogP contribution is -2.58. The van der Waals surface area contributed by atoms with Crippen LogP contribution in [0, 0.1) is 5.92 Å². The summed E-state index contributed by atoms with van der Waals surface area (Å²) in [5.74, 6) is 1.08. The molecule has 1 N–H and O–H groups in total. The molecule has 0 aromatic rings. The van der Waals surface area contributed by atoms with Gasteiger partial charge < -0.3 is 5.32 Å². The largest absolute Gasteiger partial charge is 0.311 e. The predicted octanol–water partition coefficient (Wildman–Crippen LogP) is 1.66. The van der Waals surface area contributed by atoms with Crippen molar-refractivity contribution in [3.8, 4) is 0 Å². The third kappa shape index (κ3) is 3.95. The molecule has 0 saturated carbocycles. The molecule has 2 rings (SSSR count). The van der Waals surface area contributed by atoms with Gasteiger partial charge in [-0.05, 0) is 31.6 Å². The van der Waals surface area contributed by atoms with E-state index >= 15 is 0 Å². The van der Waals surface area contributed by atoms with Gasteiger partial charge in [0, 0.05) is 31.7 Å². The van der Waals surface area contributed by atoms with Crippen LogP contribution in [-0.4, -0.2) is 56.0 Å². The average molecular weight is 302 g/mol. The van der Waals surface area contributed by atoms with Gasteiger partial charge in [-0.3, -0.25) is 4.90 Å². The van der Waals surface area contributed by atoms with Crippen LogP contribution in [0.15, 0.2) is 0 Å². The van der Waals surface area contributed by atoms with Gasteiger partial charge in [-0.2, -0.15) is 0 Å². The summed E-state index contributed by atoms with van der Waals surface area (Å²) in [6.45, 7) is 9.45. The van der Waals surface area contributed by atoms with Crippen molar-refractivity contribution in [1.29, 1.82) is 0 Å². The minimum Gasteiger partial charge on any atom is -0.311 e. The highest BCUT2D eigenvalue weighted by Gasteiger charge is 2.36. The molecule has 0 bridgehead atoms. The Kier molecular flexibility index (Phi) is 5.49. The van der Waals surface area contributed by atoms with Gasteiger partial charge in [-0.25, -0.2) is 8.42 Å². The van der Waals surface area contributed by atoms with Crippen molar-refractivity contribution in [2.75, 3.05) is 25.4 Å². The van der Waals surface area contributed by atoms with Crippen LogP contribution in [0.3, 0.4) is 0 Å². The fraction of sp³-hybridized carbons (Fsp3) is 1.00. The SMILES string of the molecule is CCC1CNC(CC(C)C)CN1CC1CCCS1(=O)=O. The molecule has 3 atom stereocenters. The number of piperazine rings is 1. The maximum absolute atomic E-state index is 12.0. The maximum atomic E-state index is 12.0. The van der Waals surface area contributed by atoms with E-state index in [-0.39, 0.29) is 5.25 Å². The molecule has 5 heteroatoms. The fourth-order valence-corrected chi connectivity index (χ4v) is 5.45. The smallest absolute Gasteiger partial charge is 0.154 e. The predicted molar refractivity (Wildman–Crippen MR) is 83.7 cm³/mol. The van der Waals surface area contributed by atoms with E-state index in [0.717, 1.165) is 38.9 Å². The van der Waals surface area contributed by atoms with Crippen LogP contribution in [0.2, 0.25) is 0 Å². The number of nitrogens with one attached hydrogen (secondary N) is 1. The van der Waals surface area contributed by atoms with E-state index in [2.05, 4.69) is 31.0 Å². The average Bonchev–Trinajstić information content (AvgIpc) is 2.68. The summed E-state index contributed by atoms with van der Waals surface area (Å²) in [5.41, 5.74) is 0.